The second kappa shape index (κ2) is 4.79. The third-order valence-corrected chi connectivity index (χ3v) is 2.59. The molecule has 15 heavy (non-hydrogen) atoms. The van der Waals surface area contributed by atoms with Gasteiger partial charge in [-0.1, -0.05) is 18.2 Å². The van der Waals surface area contributed by atoms with Gasteiger partial charge in [0.2, 0.25) is 6.41 Å². The van der Waals surface area contributed by atoms with E-state index >= 15 is 0 Å². The average Bonchev–Trinajstić information content (AvgIpc) is 2.32. The zero-order chi connectivity index (χ0) is 10.5. The highest BCUT2D eigenvalue weighted by Crippen LogP contribution is 2.14. The Bertz CT molecular complexity index is 307. The highest BCUT2D eigenvalue weighted by atomic mass is 16.1. The molecule has 1 aromatic rings. The van der Waals surface area contributed by atoms with Gasteiger partial charge in [0.1, 0.15) is 0 Å². The number of para-hydroxylation sites is 1. The first-order chi connectivity index (χ1) is 7.40. The molecule has 0 aromatic heterocycles. The van der Waals surface area contributed by atoms with Crippen LogP contribution < -0.4 is 10.3 Å². The predicted molar refractivity (Wildman–Crippen MR) is 58.4 cm³/mol. The van der Waals surface area contributed by atoms with E-state index in [9.17, 15) is 4.79 Å². The number of carbonyl (C=O) groups is 1. The van der Waals surface area contributed by atoms with Gasteiger partial charge < -0.3 is 4.90 Å². The van der Waals surface area contributed by atoms with E-state index < -0.39 is 0 Å². The number of anilines is 1. The minimum absolute atomic E-state index is 0.609. The summed E-state index contributed by atoms with van der Waals surface area (Å²) in [5.74, 6) is 0. The summed E-state index contributed by atoms with van der Waals surface area (Å²) in [6.07, 6.45) is 0.609. The fourth-order valence-corrected chi connectivity index (χ4v) is 1.78. The van der Waals surface area contributed by atoms with Crippen molar-refractivity contribution in [3.63, 3.8) is 0 Å². The number of benzene rings is 1. The molecule has 1 radical (unpaired) electrons. The Morgan fingerprint density at radius 1 is 1.07 bits per heavy atom. The molecule has 0 aliphatic carbocycles. The Labute approximate surface area is 89.5 Å². The Morgan fingerprint density at radius 3 is 2.33 bits per heavy atom. The molecule has 1 aliphatic heterocycles. The van der Waals surface area contributed by atoms with Crippen LogP contribution in [0.2, 0.25) is 0 Å². The minimum Gasteiger partial charge on any atom is -0.369 e. The van der Waals surface area contributed by atoms with Crippen molar-refractivity contribution in [3.05, 3.63) is 30.3 Å². The van der Waals surface area contributed by atoms with Crippen LogP contribution in [-0.2, 0) is 4.79 Å². The van der Waals surface area contributed by atoms with E-state index in [1.807, 2.05) is 23.2 Å². The van der Waals surface area contributed by atoms with Gasteiger partial charge in [-0.2, -0.15) is 10.4 Å². The molecule has 4 nitrogen and oxygen atoms in total. The molecule has 1 fully saturated rings. The SMILES string of the molecule is O=C[N]N1CCN(c2ccccc2)CC1. The van der Waals surface area contributed by atoms with Gasteiger partial charge in [-0.3, -0.25) is 4.79 Å². The van der Waals surface area contributed by atoms with Gasteiger partial charge >= 0.3 is 0 Å². The quantitative estimate of drug-likeness (QED) is 0.672. The Kier molecular flexibility index (Phi) is 3.19. The lowest BCUT2D eigenvalue weighted by molar-refractivity contribution is -0.114. The molecule has 1 heterocycles. The van der Waals surface area contributed by atoms with Crippen LogP contribution in [0.1, 0.15) is 0 Å². The summed E-state index contributed by atoms with van der Waals surface area (Å²) in [5.41, 5.74) is 4.98. The number of nitrogens with zero attached hydrogens (tertiary/aromatic N) is 3. The van der Waals surface area contributed by atoms with Crippen LogP contribution in [0.25, 0.3) is 0 Å². The van der Waals surface area contributed by atoms with Crippen LogP contribution in [0.15, 0.2) is 30.3 Å². The summed E-state index contributed by atoms with van der Waals surface area (Å²) in [7, 11) is 0. The summed E-state index contributed by atoms with van der Waals surface area (Å²) in [6.45, 7) is 3.46. The Hall–Kier alpha value is -1.55. The molecular weight excluding hydrogens is 190 g/mol. The Balaban J connectivity index is 1.91. The summed E-state index contributed by atoms with van der Waals surface area (Å²) in [4.78, 5) is 12.5. The molecule has 1 aromatic carbocycles. The third-order valence-electron chi connectivity index (χ3n) is 2.59. The van der Waals surface area contributed by atoms with Crippen molar-refractivity contribution >= 4 is 12.1 Å². The first kappa shape index (κ1) is 9.98. The van der Waals surface area contributed by atoms with E-state index in [1.165, 1.54) is 5.69 Å². The van der Waals surface area contributed by atoms with E-state index in [2.05, 4.69) is 22.5 Å². The van der Waals surface area contributed by atoms with Crippen LogP contribution in [0, 0.1) is 0 Å². The number of piperazine rings is 1. The zero-order valence-electron chi connectivity index (χ0n) is 8.54. The molecule has 1 saturated heterocycles. The standard InChI is InChI=1S/C11H14N3O/c15-10-12-14-8-6-13(7-9-14)11-4-2-1-3-5-11/h1-5,10H,6-9H2. The molecule has 79 valence electrons. The van der Waals surface area contributed by atoms with Crippen LogP contribution in [0.4, 0.5) is 5.69 Å². The maximum absolute atomic E-state index is 10.2. The van der Waals surface area contributed by atoms with Crippen molar-refractivity contribution < 1.29 is 4.79 Å². The smallest absolute Gasteiger partial charge is 0.244 e. The second-order valence-corrected chi connectivity index (χ2v) is 3.50. The molecule has 0 unspecified atom stereocenters. The number of amides is 1. The molecule has 2 rings (SSSR count). The fourth-order valence-electron chi connectivity index (χ4n) is 1.78. The number of hydrogen-bond donors (Lipinski definition) is 0. The molecule has 0 bridgehead atoms. The normalized spacial score (nSPS) is 17.5. The van der Waals surface area contributed by atoms with Crippen LogP contribution in [0.3, 0.4) is 0 Å². The number of carbonyl (C=O) groups excluding carboxylic acids is 1. The largest absolute Gasteiger partial charge is 0.369 e. The van der Waals surface area contributed by atoms with Gasteiger partial charge in [0.05, 0.1) is 0 Å². The maximum atomic E-state index is 10.2. The number of rotatable bonds is 3. The first-order valence-corrected chi connectivity index (χ1v) is 5.09. The molecule has 0 saturated carbocycles. The number of hydrogen-bond acceptors (Lipinski definition) is 3. The predicted octanol–water partition coefficient (Wildman–Crippen LogP) is 0.484. The van der Waals surface area contributed by atoms with Crippen LogP contribution in [-0.4, -0.2) is 37.6 Å². The molecule has 4 heteroatoms. The van der Waals surface area contributed by atoms with Gasteiger partial charge in [-0.05, 0) is 12.1 Å². The van der Waals surface area contributed by atoms with Gasteiger partial charge in [0.25, 0.3) is 0 Å². The summed E-state index contributed by atoms with van der Waals surface area (Å²) in [6, 6.07) is 10.3. The minimum atomic E-state index is 0.609. The van der Waals surface area contributed by atoms with Gasteiger partial charge in [0.15, 0.2) is 0 Å². The third kappa shape index (κ3) is 2.47. The van der Waals surface area contributed by atoms with E-state index in [1.54, 1.807) is 0 Å². The van der Waals surface area contributed by atoms with Crippen molar-refractivity contribution in [1.82, 2.24) is 10.4 Å². The highest BCUT2D eigenvalue weighted by molar-refractivity contribution is 5.47. The van der Waals surface area contributed by atoms with Gasteiger partial charge in [0, 0.05) is 31.9 Å². The lowest BCUT2D eigenvalue weighted by atomic mass is 10.2. The molecular formula is C11H14N3O. The van der Waals surface area contributed by atoms with Crippen molar-refractivity contribution in [2.75, 3.05) is 31.1 Å². The maximum Gasteiger partial charge on any atom is 0.244 e. The molecule has 0 N–H and O–H groups in total. The summed E-state index contributed by atoms with van der Waals surface area (Å²) < 4.78 is 0. The lowest BCUT2D eigenvalue weighted by Gasteiger charge is -2.34. The molecule has 1 amide bonds. The fraction of sp³-hybridized carbons (Fsp3) is 0.364. The average molecular weight is 204 g/mol. The van der Waals surface area contributed by atoms with E-state index in [4.69, 9.17) is 0 Å². The van der Waals surface area contributed by atoms with E-state index in [0.717, 1.165) is 26.2 Å². The molecule has 0 spiro atoms. The van der Waals surface area contributed by atoms with Crippen molar-refractivity contribution in [3.8, 4) is 0 Å². The summed E-state index contributed by atoms with van der Waals surface area (Å²) in [5, 5.41) is 1.81. The lowest BCUT2D eigenvalue weighted by Crippen LogP contribution is -2.49. The first-order valence-electron chi connectivity index (χ1n) is 5.09. The van der Waals surface area contributed by atoms with Crippen molar-refractivity contribution in [2.45, 2.75) is 0 Å². The summed E-state index contributed by atoms with van der Waals surface area (Å²) >= 11 is 0. The highest BCUT2D eigenvalue weighted by Gasteiger charge is 2.16. The van der Waals surface area contributed by atoms with Gasteiger partial charge in [-0.25, -0.2) is 0 Å². The molecule has 0 atom stereocenters. The topological polar surface area (TPSA) is 37.7 Å². The van der Waals surface area contributed by atoms with Crippen LogP contribution >= 0.6 is 0 Å². The second-order valence-electron chi connectivity index (χ2n) is 3.50. The Morgan fingerprint density at radius 2 is 1.73 bits per heavy atom. The van der Waals surface area contributed by atoms with Gasteiger partial charge in [-0.15, -0.1) is 0 Å². The van der Waals surface area contributed by atoms with E-state index in [-0.39, 0.29) is 0 Å². The zero-order valence-corrected chi connectivity index (χ0v) is 8.54. The van der Waals surface area contributed by atoms with Crippen LogP contribution in [0.5, 0.6) is 0 Å². The van der Waals surface area contributed by atoms with Crippen molar-refractivity contribution in [1.29, 1.82) is 0 Å². The monoisotopic (exact) mass is 204 g/mol. The van der Waals surface area contributed by atoms with Crippen molar-refractivity contribution in [2.24, 2.45) is 0 Å². The van der Waals surface area contributed by atoms with E-state index in [0.29, 0.717) is 6.41 Å². The molecule has 1 aliphatic rings.